The number of rotatable bonds is 4. The highest BCUT2D eigenvalue weighted by Gasteiger charge is 2.15. The Hall–Kier alpha value is -1.55. The van der Waals surface area contributed by atoms with E-state index in [9.17, 15) is 4.79 Å². The smallest absolute Gasteiger partial charge is 0.239 e. The van der Waals surface area contributed by atoms with Crippen molar-refractivity contribution in [1.82, 2.24) is 5.32 Å². The van der Waals surface area contributed by atoms with Gasteiger partial charge < -0.3 is 15.4 Å². The van der Waals surface area contributed by atoms with Crippen molar-refractivity contribution >= 4 is 11.6 Å². The van der Waals surface area contributed by atoms with Crippen LogP contribution in [0.5, 0.6) is 0 Å². The molecule has 0 spiro atoms. The first-order valence-corrected chi connectivity index (χ1v) is 6.00. The predicted octanol–water partition coefficient (Wildman–Crippen LogP) is 1.39. The quantitative estimate of drug-likeness (QED) is 0.827. The fraction of sp³-hybridized carbons (Fsp3) is 0.462. The molecule has 0 bridgehead atoms. The van der Waals surface area contributed by atoms with Gasteiger partial charge in [0.25, 0.3) is 0 Å². The van der Waals surface area contributed by atoms with Gasteiger partial charge in [-0.2, -0.15) is 0 Å². The molecule has 0 aromatic heterocycles. The van der Waals surface area contributed by atoms with Crippen LogP contribution < -0.4 is 10.6 Å². The molecule has 4 heteroatoms. The van der Waals surface area contributed by atoms with Crippen LogP contribution in [-0.4, -0.2) is 31.7 Å². The second-order valence-corrected chi connectivity index (χ2v) is 4.17. The van der Waals surface area contributed by atoms with E-state index < -0.39 is 0 Å². The molecule has 2 rings (SSSR count). The van der Waals surface area contributed by atoms with Crippen molar-refractivity contribution in [3.8, 4) is 0 Å². The Morgan fingerprint density at radius 2 is 1.94 bits per heavy atom. The van der Waals surface area contributed by atoms with E-state index in [1.54, 1.807) is 0 Å². The summed E-state index contributed by atoms with van der Waals surface area (Å²) in [6, 6.07) is 10.0. The van der Waals surface area contributed by atoms with Crippen molar-refractivity contribution in [1.29, 1.82) is 0 Å². The Morgan fingerprint density at radius 1 is 1.24 bits per heavy atom. The maximum Gasteiger partial charge on any atom is 0.239 e. The molecule has 0 unspecified atom stereocenters. The monoisotopic (exact) mass is 234 g/mol. The summed E-state index contributed by atoms with van der Waals surface area (Å²) < 4.78 is 5.24. The number of nitrogens with one attached hydrogen (secondary N) is 2. The minimum absolute atomic E-state index is 0.0424. The minimum Gasteiger partial charge on any atom is -0.381 e. The molecule has 1 aliphatic rings. The van der Waals surface area contributed by atoms with Gasteiger partial charge in [-0.25, -0.2) is 0 Å². The first-order chi connectivity index (χ1) is 8.34. The Bertz CT molecular complexity index is 348. The number of ether oxygens (including phenoxy) is 1. The van der Waals surface area contributed by atoms with E-state index in [1.165, 1.54) is 0 Å². The summed E-state index contributed by atoms with van der Waals surface area (Å²) in [5.41, 5.74) is 0.967. The van der Waals surface area contributed by atoms with E-state index >= 15 is 0 Å². The molecule has 0 radical (unpaired) electrons. The third-order valence-electron chi connectivity index (χ3n) is 2.81. The Balaban J connectivity index is 1.70. The Morgan fingerprint density at radius 3 is 2.65 bits per heavy atom. The SMILES string of the molecule is O=C(CNc1ccccc1)NC1CCOCC1. The van der Waals surface area contributed by atoms with E-state index in [0.29, 0.717) is 6.54 Å². The second kappa shape index (κ2) is 6.25. The molecule has 1 amide bonds. The lowest BCUT2D eigenvalue weighted by atomic mass is 10.1. The van der Waals surface area contributed by atoms with Crippen molar-refractivity contribution in [3.05, 3.63) is 30.3 Å². The molecule has 0 saturated carbocycles. The van der Waals surface area contributed by atoms with Crippen molar-refractivity contribution in [2.45, 2.75) is 18.9 Å². The zero-order valence-corrected chi connectivity index (χ0v) is 9.82. The van der Waals surface area contributed by atoms with Gasteiger partial charge in [0, 0.05) is 24.9 Å². The van der Waals surface area contributed by atoms with Crippen LogP contribution in [-0.2, 0) is 9.53 Å². The zero-order valence-electron chi connectivity index (χ0n) is 9.82. The van der Waals surface area contributed by atoms with E-state index in [4.69, 9.17) is 4.74 Å². The topological polar surface area (TPSA) is 50.4 Å². The molecule has 17 heavy (non-hydrogen) atoms. The van der Waals surface area contributed by atoms with E-state index in [-0.39, 0.29) is 11.9 Å². The van der Waals surface area contributed by atoms with Crippen LogP contribution in [0.15, 0.2) is 30.3 Å². The van der Waals surface area contributed by atoms with Crippen LogP contribution in [0.2, 0.25) is 0 Å². The highest BCUT2D eigenvalue weighted by atomic mass is 16.5. The fourth-order valence-corrected chi connectivity index (χ4v) is 1.86. The van der Waals surface area contributed by atoms with Gasteiger partial charge in [0.1, 0.15) is 0 Å². The van der Waals surface area contributed by atoms with Gasteiger partial charge in [0.05, 0.1) is 6.54 Å². The first-order valence-electron chi connectivity index (χ1n) is 6.00. The Kier molecular flexibility index (Phi) is 4.38. The lowest BCUT2D eigenvalue weighted by molar-refractivity contribution is -0.120. The van der Waals surface area contributed by atoms with Crippen LogP contribution in [0.25, 0.3) is 0 Å². The molecule has 0 atom stereocenters. The maximum atomic E-state index is 11.7. The highest BCUT2D eigenvalue weighted by molar-refractivity contribution is 5.80. The van der Waals surface area contributed by atoms with Gasteiger partial charge in [-0.15, -0.1) is 0 Å². The number of hydrogen-bond acceptors (Lipinski definition) is 3. The number of benzene rings is 1. The van der Waals surface area contributed by atoms with Crippen LogP contribution >= 0.6 is 0 Å². The van der Waals surface area contributed by atoms with Gasteiger partial charge in [-0.3, -0.25) is 4.79 Å². The first kappa shape index (κ1) is 11.9. The number of anilines is 1. The molecule has 1 saturated heterocycles. The number of carbonyl (C=O) groups excluding carboxylic acids is 1. The molecule has 1 aromatic rings. The minimum atomic E-state index is 0.0424. The van der Waals surface area contributed by atoms with E-state index in [1.807, 2.05) is 30.3 Å². The summed E-state index contributed by atoms with van der Waals surface area (Å²) in [7, 11) is 0. The summed E-state index contributed by atoms with van der Waals surface area (Å²) in [4.78, 5) is 11.7. The molecular formula is C13H18N2O2. The number of carbonyl (C=O) groups is 1. The average Bonchev–Trinajstić information content (AvgIpc) is 2.39. The lowest BCUT2D eigenvalue weighted by Gasteiger charge is -2.23. The largest absolute Gasteiger partial charge is 0.381 e. The summed E-state index contributed by atoms with van der Waals surface area (Å²) >= 11 is 0. The van der Waals surface area contributed by atoms with Crippen LogP contribution in [0.1, 0.15) is 12.8 Å². The summed E-state index contributed by atoms with van der Waals surface area (Å²) in [5, 5.41) is 6.10. The van der Waals surface area contributed by atoms with Gasteiger partial charge in [-0.05, 0) is 25.0 Å². The summed E-state index contributed by atoms with van der Waals surface area (Å²) in [5.74, 6) is 0.0424. The number of amides is 1. The molecule has 1 fully saturated rings. The number of hydrogen-bond donors (Lipinski definition) is 2. The maximum absolute atomic E-state index is 11.7. The van der Waals surface area contributed by atoms with E-state index in [0.717, 1.165) is 31.7 Å². The summed E-state index contributed by atoms with van der Waals surface area (Å²) in [6.07, 6.45) is 1.83. The Labute approximate surface area is 101 Å². The van der Waals surface area contributed by atoms with Crippen molar-refractivity contribution < 1.29 is 9.53 Å². The zero-order chi connectivity index (χ0) is 11.9. The molecule has 1 aliphatic heterocycles. The van der Waals surface area contributed by atoms with Crippen LogP contribution in [0.4, 0.5) is 5.69 Å². The molecule has 92 valence electrons. The van der Waals surface area contributed by atoms with Gasteiger partial charge in [0.15, 0.2) is 0 Å². The third kappa shape index (κ3) is 4.07. The van der Waals surface area contributed by atoms with Crippen molar-refractivity contribution in [3.63, 3.8) is 0 Å². The molecule has 4 nitrogen and oxygen atoms in total. The number of para-hydroxylation sites is 1. The average molecular weight is 234 g/mol. The van der Waals surface area contributed by atoms with Crippen molar-refractivity contribution in [2.75, 3.05) is 25.1 Å². The normalized spacial score (nSPS) is 16.5. The standard InChI is InChI=1S/C13H18N2O2/c16-13(15-12-6-8-17-9-7-12)10-14-11-4-2-1-3-5-11/h1-5,12,14H,6-10H2,(H,15,16). The van der Waals surface area contributed by atoms with Crippen molar-refractivity contribution in [2.24, 2.45) is 0 Å². The molecular weight excluding hydrogens is 216 g/mol. The molecule has 1 aromatic carbocycles. The van der Waals surface area contributed by atoms with Crippen LogP contribution in [0.3, 0.4) is 0 Å². The fourth-order valence-electron chi connectivity index (χ4n) is 1.86. The van der Waals surface area contributed by atoms with E-state index in [2.05, 4.69) is 10.6 Å². The molecule has 2 N–H and O–H groups in total. The lowest BCUT2D eigenvalue weighted by Crippen LogP contribution is -2.41. The van der Waals surface area contributed by atoms with Gasteiger partial charge in [-0.1, -0.05) is 18.2 Å². The third-order valence-corrected chi connectivity index (χ3v) is 2.81. The molecule has 0 aliphatic carbocycles. The molecule has 1 heterocycles. The highest BCUT2D eigenvalue weighted by Crippen LogP contribution is 2.06. The van der Waals surface area contributed by atoms with Gasteiger partial charge >= 0.3 is 0 Å². The van der Waals surface area contributed by atoms with Crippen LogP contribution in [0, 0.1) is 0 Å². The second-order valence-electron chi connectivity index (χ2n) is 4.17. The van der Waals surface area contributed by atoms with Gasteiger partial charge in [0.2, 0.25) is 5.91 Å². The predicted molar refractivity (Wildman–Crippen MR) is 66.9 cm³/mol. The summed E-state index contributed by atoms with van der Waals surface area (Å²) in [6.45, 7) is 1.81.